The first-order valence-corrected chi connectivity index (χ1v) is 5.44. The standard InChI is InChI=1S/C11H23N/c1-4-10-6-5-9(2)11(10)7-8-12-3/h9-12H,4-8H2,1-3H3. The minimum atomic E-state index is 0.975. The normalized spacial score (nSPS) is 35.8. The van der Waals surface area contributed by atoms with Crippen LogP contribution in [0.3, 0.4) is 0 Å². The van der Waals surface area contributed by atoms with Gasteiger partial charge in [0.05, 0.1) is 0 Å². The highest BCUT2D eigenvalue weighted by molar-refractivity contribution is 4.81. The Kier molecular flexibility index (Phi) is 4.07. The molecule has 0 amide bonds. The van der Waals surface area contributed by atoms with E-state index < -0.39 is 0 Å². The van der Waals surface area contributed by atoms with Crippen LogP contribution in [0, 0.1) is 17.8 Å². The van der Waals surface area contributed by atoms with Crippen LogP contribution in [0.1, 0.15) is 39.5 Å². The molecule has 0 bridgehead atoms. The molecule has 72 valence electrons. The van der Waals surface area contributed by atoms with Gasteiger partial charge in [0.2, 0.25) is 0 Å². The molecule has 0 aromatic heterocycles. The Morgan fingerprint density at radius 3 is 2.67 bits per heavy atom. The van der Waals surface area contributed by atoms with Gasteiger partial charge in [0.15, 0.2) is 0 Å². The van der Waals surface area contributed by atoms with E-state index in [1.165, 1.54) is 32.2 Å². The van der Waals surface area contributed by atoms with Crippen LogP contribution in [0.4, 0.5) is 0 Å². The summed E-state index contributed by atoms with van der Waals surface area (Å²) in [6.45, 7) is 5.97. The highest BCUT2D eigenvalue weighted by Gasteiger charge is 2.30. The highest BCUT2D eigenvalue weighted by atomic mass is 14.8. The number of rotatable bonds is 4. The zero-order valence-electron chi connectivity index (χ0n) is 8.77. The predicted octanol–water partition coefficient (Wildman–Crippen LogP) is 2.67. The van der Waals surface area contributed by atoms with Crippen LogP contribution >= 0.6 is 0 Å². The molecule has 1 aliphatic rings. The summed E-state index contributed by atoms with van der Waals surface area (Å²) < 4.78 is 0. The maximum atomic E-state index is 3.26. The molecule has 3 unspecified atom stereocenters. The summed E-state index contributed by atoms with van der Waals surface area (Å²) in [6.07, 6.45) is 5.72. The van der Waals surface area contributed by atoms with Crippen molar-refractivity contribution in [3.05, 3.63) is 0 Å². The lowest BCUT2D eigenvalue weighted by Crippen LogP contribution is -2.19. The molecule has 0 aliphatic heterocycles. The Morgan fingerprint density at radius 1 is 1.33 bits per heavy atom. The molecule has 0 radical (unpaired) electrons. The molecule has 1 fully saturated rings. The predicted molar refractivity (Wildman–Crippen MR) is 54.2 cm³/mol. The fourth-order valence-corrected chi connectivity index (χ4v) is 2.71. The molecule has 3 atom stereocenters. The van der Waals surface area contributed by atoms with Gasteiger partial charge in [-0.1, -0.05) is 26.7 Å². The van der Waals surface area contributed by atoms with Crippen LogP contribution in [0.5, 0.6) is 0 Å². The van der Waals surface area contributed by atoms with Gasteiger partial charge in [0.1, 0.15) is 0 Å². The van der Waals surface area contributed by atoms with E-state index in [0.717, 1.165) is 17.8 Å². The molecule has 1 nitrogen and oxygen atoms in total. The number of hydrogen-bond donors (Lipinski definition) is 1. The molecule has 0 spiro atoms. The molecule has 1 heteroatoms. The van der Waals surface area contributed by atoms with Crippen LogP contribution in [0.25, 0.3) is 0 Å². The van der Waals surface area contributed by atoms with Gasteiger partial charge < -0.3 is 5.32 Å². The van der Waals surface area contributed by atoms with Crippen molar-refractivity contribution in [3.8, 4) is 0 Å². The smallest absolute Gasteiger partial charge is 0.00491 e. The zero-order chi connectivity index (χ0) is 8.97. The largest absolute Gasteiger partial charge is 0.320 e. The molecule has 1 aliphatic carbocycles. The first-order chi connectivity index (χ1) is 5.79. The average Bonchev–Trinajstić information content (AvgIpc) is 2.43. The van der Waals surface area contributed by atoms with E-state index in [2.05, 4.69) is 26.2 Å². The Morgan fingerprint density at radius 2 is 2.08 bits per heavy atom. The maximum absolute atomic E-state index is 3.26. The summed E-state index contributed by atoms with van der Waals surface area (Å²) in [7, 11) is 2.06. The van der Waals surface area contributed by atoms with E-state index in [4.69, 9.17) is 0 Å². The van der Waals surface area contributed by atoms with Gasteiger partial charge in [-0.3, -0.25) is 0 Å². The van der Waals surface area contributed by atoms with Gasteiger partial charge in [-0.2, -0.15) is 0 Å². The Hall–Kier alpha value is -0.0400. The Bertz CT molecular complexity index is 122. The van der Waals surface area contributed by atoms with Crippen LogP contribution < -0.4 is 5.32 Å². The molecule has 0 saturated heterocycles. The van der Waals surface area contributed by atoms with Crippen molar-refractivity contribution in [1.82, 2.24) is 5.32 Å². The van der Waals surface area contributed by atoms with Crippen molar-refractivity contribution >= 4 is 0 Å². The van der Waals surface area contributed by atoms with E-state index in [1.807, 2.05) is 0 Å². The first kappa shape index (κ1) is 10.0. The van der Waals surface area contributed by atoms with Crippen molar-refractivity contribution in [3.63, 3.8) is 0 Å². The molecule has 0 aromatic carbocycles. The monoisotopic (exact) mass is 169 g/mol. The van der Waals surface area contributed by atoms with Crippen LogP contribution in [-0.2, 0) is 0 Å². The highest BCUT2D eigenvalue weighted by Crippen LogP contribution is 2.40. The van der Waals surface area contributed by atoms with Crippen LogP contribution in [0.15, 0.2) is 0 Å². The Balaban J connectivity index is 2.35. The van der Waals surface area contributed by atoms with Gasteiger partial charge in [-0.05, 0) is 44.2 Å². The van der Waals surface area contributed by atoms with E-state index in [-0.39, 0.29) is 0 Å². The van der Waals surface area contributed by atoms with E-state index in [1.54, 1.807) is 0 Å². The van der Waals surface area contributed by atoms with Crippen LogP contribution in [0.2, 0.25) is 0 Å². The third kappa shape index (κ3) is 2.22. The van der Waals surface area contributed by atoms with Crippen molar-refractivity contribution < 1.29 is 0 Å². The fourth-order valence-electron chi connectivity index (χ4n) is 2.71. The second kappa shape index (κ2) is 4.86. The summed E-state index contributed by atoms with van der Waals surface area (Å²) in [5, 5.41) is 3.26. The van der Waals surface area contributed by atoms with E-state index in [0.29, 0.717) is 0 Å². The second-order valence-corrected chi connectivity index (χ2v) is 4.28. The lowest BCUT2D eigenvalue weighted by atomic mass is 9.86. The lowest BCUT2D eigenvalue weighted by Gasteiger charge is -2.21. The molecule has 12 heavy (non-hydrogen) atoms. The van der Waals surface area contributed by atoms with Gasteiger partial charge in [0.25, 0.3) is 0 Å². The summed E-state index contributed by atoms with van der Waals surface area (Å²) in [4.78, 5) is 0. The van der Waals surface area contributed by atoms with Gasteiger partial charge in [-0.15, -0.1) is 0 Å². The molecular formula is C11H23N. The van der Waals surface area contributed by atoms with Crippen molar-refractivity contribution in [2.75, 3.05) is 13.6 Å². The number of nitrogens with one attached hydrogen (secondary N) is 1. The summed E-state index contributed by atoms with van der Waals surface area (Å²) >= 11 is 0. The minimum absolute atomic E-state index is 0.975. The number of hydrogen-bond acceptors (Lipinski definition) is 1. The minimum Gasteiger partial charge on any atom is -0.320 e. The fraction of sp³-hybridized carbons (Fsp3) is 1.00. The van der Waals surface area contributed by atoms with Crippen molar-refractivity contribution in [2.45, 2.75) is 39.5 Å². The quantitative estimate of drug-likeness (QED) is 0.682. The molecular weight excluding hydrogens is 146 g/mol. The van der Waals surface area contributed by atoms with Gasteiger partial charge >= 0.3 is 0 Å². The molecule has 0 aromatic rings. The van der Waals surface area contributed by atoms with E-state index >= 15 is 0 Å². The molecule has 1 saturated carbocycles. The zero-order valence-corrected chi connectivity index (χ0v) is 8.77. The molecule has 1 N–H and O–H groups in total. The summed E-state index contributed by atoms with van der Waals surface area (Å²) in [5.41, 5.74) is 0. The SMILES string of the molecule is CCC1CCC(C)C1CCNC. The Labute approximate surface area is 76.9 Å². The van der Waals surface area contributed by atoms with Gasteiger partial charge in [-0.25, -0.2) is 0 Å². The topological polar surface area (TPSA) is 12.0 Å². The summed E-state index contributed by atoms with van der Waals surface area (Å²) in [6, 6.07) is 0. The third-order valence-electron chi connectivity index (χ3n) is 3.58. The van der Waals surface area contributed by atoms with Crippen molar-refractivity contribution in [1.29, 1.82) is 0 Å². The van der Waals surface area contributed by atoms with Crippen molar-refractivity contribution in [2.24, 2.45) is 17.8 Å². The average molecular weight is 169 g/mol. The lowest BCUT2D eigenvalue weighted by molar-refractivity contribution is 0.298. The molecule has 0 heterocycles. The summed E-state index contributed by atoms with van der Waals surface area (Å²) in [5.74, 6) is 3.00. The third-order valence-corrected chi connectivity index (χ3v) is 3.58. The first-order valence-electron chi connectivity index (χ1n) is 5.44. The van der Waals surface area contributed by atoms with Crippen LogP contribution in [-0.4, -0.2) is 13.6 Å². The maximum Gasteiger partial charge on any atom is -0.00491 e. The second-order valence-electron chi connectivity index (χ2n) is 4.28. The van der Waals surface area contributed by atoms with Gasteiger partial charge in [0, 0.05) is 0 Å². The van der Waals surface area contributed by atoms with E-state index in [9.17, 15) is 0 Å². The molecule has 1 rings (SSSR count).